The number of nitrogen functional groups attached to an aromatic ring is 1. The summed E-state index contributed by atoms with van der Waals surface area (Å²) < 4.78 is 5.73. The summed E-state index contributed by atoms with van der Waals surface area (Å²) in [7, 11) is 0. The van der Waals surface area contributed by atoms with E-state index in [0.717, 1.165) is 12.0 Å². The van der Waals surface area contributed by atoms with Gasteiger partial charge in [-0.3, -0.25) is 10.1 Å². The second-order valence-corrected chi connectivity index (χ2v) is 4.76. The van der Waals surface area contributed by atoms with Gasteiger partial charge in [-0.1, -0.05) is 32.0 Å². The third kappa shape index (κ3) is 3.28. The van der Waals surface area contributed by atoms with Crippen LogP contribution < -0.4 is 10.5 Å². The van der Waals surface area contributed by atoms with Crippen molar-refractivity contribution in [2.45, 2.75) is 26.2 Å². The molecule has 2 rings (SSSR count). The van der Waals surface area contributed by atoms with Crippen LogP contribution in [-0.2, 0) is 0 Å². The Morgan fingerprint density at radius 3 is 2.67 bits per heavy atom. The van der Waals surface area contributed by atoms with E-state index in [1.165, 1.54) is 12.1 Å². The van der Waals surface area contributed by atoms with Crippen molar-refractivity contribution >= 4 is 11.5 Å². The molecule has 1 unspecified atom stereocenters. The van der Waals surface area contributed by atoms with Crippen LogP contribution in [0.3, 0.4) is 0 Å². The average molecular weight is 287 g/mol. The number of rotatable bonds is 5. The van der Waals surface area contributed by atoms with E-state index in [1.807, 2.05) is 24.3 Å². The molecule has 0 amide bonds. The van der Waals surface area contributed by atoms with Crippen molar-refractivity contribution in [3.05, 3.63) is 52.1 Å². The Bertz CT molecular complexity index is 658. The second-order valence-electron chi connectivity index (χ2n) is 4.76. The summed E-state index contributed by atoms with van der Waals surface area (Å²) in [6, 6.07) is 10.4. The zero-order valence-corrected chi connectivity index (χ0v) is 11.9. The molecule has 21 heavy (non-hydrogen) atoms. The van der Waals surface area contributed by atoms with Crippen LogP contribution in [0.5, 0.6) is 11.6 Å². The standard InChI is InChI=1S/C15H17N3O3/c1-3-10(2)11-6-4-5-7-13(11)21-14-9-8-12(18(19)20)15(16)17-14/h4-10H,3H2,1-2H3,(H2,16,17). The number of aromatic nitrogens is 1. The summed E-state index contributed by atoms with van der Waals surface area (Å²) in [5.74, 6) is 1.12. The van der Waals surface area contributed by atoms with Gasteiger partial charge in [-0.05, 0) is 24.0 Å². The van der Waals surface area contributed by atoms with Gasteiger partial charge in [0.25, 0.3) is 0 Å². The first-order chi connectivity index (χ1) is 10.0. The minimum atomic E-state index is -0.570. The monoisotopic (exact) mass is 287 g/mol. The van der Waals surface area contributed by atoms with Crippen LogP contribution in [0.1, 0.15) is 31.7 Å². The highest BCUT2D eigenvalue weighted by molar-refractivity contribution is 5.53. The molecule has 0 fully saturated rings. The highest BCUT2D eigenvalue weighted by Crippen LogP contribution is 2.32. The van der Waals surface area contributed by atoms with E-state index in [2.05, 4.69) is 18.8 Å². The van der Waals surface area contributed by atoms with Gasteiger partial charge in [0.15, 0.2) is 0 Å². The minimum absolute atomic E-state index is 0.154. The van der Waals surface area contributed by atoms with Gasteiger partial charge in [-0.15, -0.1) is 0 Å². The fourth-order valence-corrected chi connectivity index (χ4v) is 1.97. The quantitative estimate of drug-likeness (QED) is 0.665. The number of pyridine rings is 1. The molecule has 2 N–H and O–H groups in total. The maximum Gasteiger partial charge on any atom is 0.311 e. The number of nitrogens with zero attached hydrogens (tertiary/aromatic N) is 2. The van der Waals surface area contributed by atoms with Crippen LogP contribution in [0.2, 0.25) is 0 Å². The number of nitrogens with two attached hydrogens (primary N) is 1. The Morgan fingerprint density at radius 1 is 1.33 bits per heavy atom. The molecule has 0 aliphatic carbocycles. The van der Waals surface area contributed by atoms with Crippen LogP contribution in [0, 0.1) is 10.1 Å². The Balaban J connectivity index is 2.31. The Morgan fingerprint density at radius 2 is 2.05 bits per heavy atom. The highest BCUT2D eigenvalue weighted by atomic mass is 16.6. The lowest BCUT2D eigenvalue weighted by atomic mass is 9.98. The van der Waals surface area contributed by atoms with Gasteiger partial charge < -0.3 is 10.5 Å². The summed E-state index contributed by atoms with van der Waals surface area (Å²) in [5, 5.41) is 10.7. The first-order valence-corrected chi connectivity index (χ1v) is 6.70. The number of hydrogen-bond donors (Lipinski definition) is 1. The summed E-state index contributed by atoms with van der Waals surface area (Å²) in [4.78, 5) is 14.1. The first-order valence-electron chi connectivity index (χ1n) is 6.70. The normalized spacial score (nSPS) is 11.9. The SMILES string of the molecule is CCC(C)c1ccccc1Oc1ccc([N+](=O)[O-])c(N)n1. The summed E-state index contributed by atoms with van der Waals surface area (Å²) in [6.45, 7) is 4.21. The van der Waals surface area contributed by atoms with E-state index in [0.29, 0.717) is 11.7 Å². The molecule has 0 aliphatic heterocycles. The van der Waals surface area contributed by atoms with Crippen molar-refractivity contribution in [2.75, 3.05) is 5.73 Å². The maximum absolute atomic E-state index is 10.7. The lowest BCUT2D eigenvalue weighted by Gasteiger charge is -2.14. The number of anilines is 1. The van der Waals surface area contributed by atoms with Crippen molar-refractivity contribution in [3.63, 3.8) is 0 Å². The van der Waals surface area contributed by atoms with Crippen molar-refractivity contribution in [3.8, 4) is 11.6 Å². The van der Waals surface area contributed by atoms with Crippen LogP contribution >= 0.6 is 0 Å². The molecular weight excluding hydrogens is 270 g/mol. The number of para-hydroxylation sites is 1. The lowest BCUT2D eigenvalue weighted by Crippen LogP contribution is -2.01. The van der Waals surface area contributed by atoms with Crippen molar-refractivity contribution in [1.29, 1.82) is 0 Å². The molecule has 0 saturated carbocycles. The van der Waals surface area contributed by atoms with Crippen LogP contribution in [0.4, 0.5) is 11.5 Å². The summed E-state index contributed by atoms with van der Waals surface area (Å²) in [6.07, 6.45) is 0.982. The number of benzene rings is 1. The number of hydrogen-bond acceptors (Lipinski definition) is 5. The Labute approximate surface area is 122 Å². The summed E-state index contributed by atoms with van der Waals surface area (Å²) >= 11 is 0. The molecule has 2 aromatic rings. The number of ether oxygens (including phenoxy) is 1. The molecule has 0 radical (unpaired) electrons. The molecule has 110 valence electrons. The highest BCUT2D eigenvalue weighted by Gasteiger charge is 2.15. The predicted molar refractivity (Wildman–Crippen MR) is 80.5 cm³/mol. The lowest BCUT2D eigenvalue weighted by molar-refractivity contribution is -0.384. The van der Waals surface area contributed by atoms with E-state index in [-0.39, 0.29) is 17.4 Å². The third-order valence-electron chi connectivity index (χ3n) is 3.35. The molecular formula is C15H17N3O3. The fraction of sp³-hybridized carbons (Fsp3) is 0.267. The zero-order chi connectivity index (χ0) is 15.4. The van der Waals surface area contributed by atoms with E-state index < -0.39 is 4.92 Å². The number of nitro groups is 1. The van der Waals surface area contributed by atoms with Gasteiger partial charge in [0.2, 0.25) is 11.7 Å². The minimum Gasteiger partial charge on any atom is -0.439 e. The molecule has 1 heterocycles. The summed E-state index contributed by atoms with van der Waals surface area (Å²) in [5.41, 5.74) is 6.41. The average Bonchev–Trinajstić information content (AvgIpc) is 2.46. The third-order valence-corrected chi connectivity index (χ3v) is 3.35. The molecule has 1 atom stereocenters. The molecule has 6 heteroatoms. The first kappa shape index (κ1) is 14.8. The van der Waals surface area contributed by atoms with Gasteiger partial charge >= 0.3 is 5.69 Å². The zero-order valence-electron chi connectivity index (χ0n) is 11.9. The van der Waals surface area contributed by atoms with Crippen LogP contribution in [0.25, 0.3) is 0 Å². The Hall–Kier alpha value is -2.63. The van der Waals surface area contributed by atoms with E-state index in [1.54, 1.807) is 0 Å². The van der Waals surface area contributed by atoms with E-state index in [4.69, 9.17) is 10.5 Å². The second kappa shape index (κ2) is 6.21. The van der Waals surface area contributed by atoms with Crippen LogP contribution in [0.15, 0.2) is 36.4 Å². The van der Waals surface area contributed by atoms with Gasteiger partial charge in [-0.25, -0.2) is 0 Å². The largest absolute Gasteiger partial charge is 0.439 e. The van der Waals surface area contributed by atoms with E-state index in [9.17, 15) is 10.1 Å². The van der Waals surface area contributed by atoms with Crippen molar-refractivity contribution in [1.82, 2.24) is 4.98 Å². The molecule has 0 bridgehead atoms. The van der Waals surface area contributed by atoms with Gasteiger partial charge in [0, 0.05) is 12.1 Å². The molecule has 0 saturated heterocycles. The molecule has 0 aliphatic rings. The molecule has 1 aromatic heterocycles. The predicted octanol–water partition coefficient (Wildman–Crippen LogP) is 3.88. The van der Waals surface area contributed by atoms with Crippen LogP contribution in [-0.4, -0.2) is 9.91 Å². The van der Waals surface area contributed by atoms with Gasteiger partial charge in [0.1, 0.15) is 5.75 Å². The topological polar surface area (TPSA) is 91.3 Å². The van der Waals surface area contributed by atoms with E-state index >= 15 is 0 Å². The molecule has 0 spiro atoms. The maximum atomic E-state index is 10.7. The van der Waals surface area contributed by atoms with Gasteiger partial charge in [-0.2, -0.15) is 4.98 Å². The van der Waals surface area contributed by atoms with Crippen molar-refractivity contribution < 1.29 is 9.66 Å². The molecule has 6 nitrogen and oxygen atoms in total. The van der Waals surface area contributed by atoms with Gasteiger partial charge in [0.05, 0.1) is 4.92 Å². The van der Waals surface area contributed by atoms with Crippen molar-refractivity contribution in [2.24, 2.45) is 0 Å². The fourth-order valence-electron chi connectivity index (χ4n) is 1.97. The Kier molecular flexibility index (Phi) is 4.37. The smallest absolute Gasteiger partial charge is 0.311 e. The molecule has 1 aromatic carbocycles.